The number of hydrogen-bond donors (Lipinski definition) is 1. The monoisotopic (exact) mass is 1530 g/mol. The van der Waals surface area contributed by atoms with Crippen LogP contribution in [0.4, 0.5) is 0 Å². The van der Waals surface area contributed by atoms with Gasteiger partial charge < -0.3 is 128 Å². The Morgan fingerprint density at radius 2 is 0.376 bits per heavy atom. The number of carbonyl (C=O) groups is 1. The zero-order chi connectivity index (χ0) is 75.6. The van der Waals surface area contributed by atoms with Crippen molar-refractivity contribution in [3.63, 3.8) is 0 Å². The smallest absolute Gasteiger partial charge is 0.335 e. The van der Waals surface area contributed by atoms with Crippen molar-refractivity contribution >= 4 is 5.97 Å². The number of para-hydroxylation sites is 8. The molecule has 28 heteroatoms. The number of benzene rings is 5. The molecular weight excluding hydrogens is 1420 g/mol. The van der Waals surface area contributed by atoms with Gasteiger partial charge in [0.2, 0.25) is 0 Å². The highest BCUT2D eigenvalue weighted by Gasteiger charge is 2.24. The lowest BCUT2D eigenvalue weighted by Crippen LogP contribution is -2.33. The molecule has 1 saturated heterocycles. The molecule has 0 saturated carbocycles. The predicted octanol–water partition coefficient (Wildman–Crippen LogP) is 8.98. The lowest BCUT2D eigenvalue weighted by molar-refractivity contribution is -0.0685. The van der Waals surface area contributed by atoms with Gasteiger partial charge in [0, 0.05) is 0 Å². The van der Waals surface area contributed by atoms with Crippen LogP contribution in [0.2, 0.25) is 0 Å². The van der Waals surface area contributed by atoms with Crippen LogP contribution in [0, 0.1) is 0 Å². The molecular formula is C81H108O28. The van der Waals surface area contributed by atoms with E-state index in [-0.39, 0.29) is 36.6 Å². The second-order valence-electron chi connectivity index (χ2n) is 23.5. The maximum Gasteiger partial charge on any atom is 0.335 e. The summed E-state index contributed by atoms with van der Waals surface area (Å²) in [4.78, 5) is 11.1. The molecule has 11 rings (SSSR count). The SMILES string of the molecule is C1=CC2OCCOCCOC3C=CC=CC3OCCOC2C=C1.O=C(O)c1ccc2c(c1)OCCOCCOCCOCCOCCO2.c1ccc2c(c1)OCCOCCOCCOc1ccccc1OCCOCCO2.c1ccc2c(c1)OCCOCCOCCOc1ccccc1OCCOCCOCCO2. The fourth-order valence-corrected chi connectivity index (χ4v) is 10.3. The second kappa shape index (κ2) is 57.0. The van der Waals surface area contributed by atoms with Gasteiger partial charge in [-0.15, -0.1) is 0 Å². The highest BCUT2D eigenvalue weighted by molar-refractivity contribution is 5.88. The standard InChI is InChI=1S/C24H32O8.C22H28O7.C18H24O5.C17H24O8/c1-2-6-22-21(5-1)29-17-13-25-9-10-27-15-19-31-23-7-3-4-8-24(23)32-20-16-28-12-11-26-14-18-30-22;1-3-7-21-19(5-1)26-15-11-23-9-10-24-12-16-27-20-6-2-4-8-22(20)29-18-14-25-13-17-28-21;1-3-7-17-15(5-1)20-11-9-19-10-12-21-16-6-2-4-8-18(16)23-14-13-22-17;18-17(19)14-1-2-15-16(13-14)25-12-10-23-8-6-21-4-3-20-5-7-22-9-11-24-15/h1-8H,9-20H2;1-8H,9-18H2;1-8,15-18H,9-14H2;1-2,13H,3-12H2,(H,18,19). The van der Waals surface area contributed by atoms with Crippen LogP contribution in [-0.4, -0.2) is 287 Å². The lowest BCUT2D eigenvalue weighted by Gasteiger charge is -2.26. The van der Waals surface area contributed by atoms with Crippen LogP contribution in [0.1, 0.15) is 10.4 Å². The molecule has 6 aliphatic rings. The summed E-state index contributed by atoms with van der Waals surface area (Å²) in [5.74, 6) is 5.29. The van der Waals surface area contributed by atoms with E-state index < -0.39 is 5.97 Å². The van der Waals surface area contributed by atoms with Crippen molar-refractivity contribution in [2.75, 3.05) is 251 Å². The Balaban J connectivity index is 0.000000184. The summed E-state index contributed by atoms with van der Waals surface area (Å²) < 4.78 is 147. The van der Waals surface area contributed by atoms with Gasteiger partial charge >= 0.3 is 5.97 Å². The Morgan fingerprint density at radius 1 is 0.211 bits per heavy atom. The van der Waals surface area contributed by atoms with Crippen molar-refractivity contribution in [3.05, 3.63) is 169 Å². The van der Waals surface area contributed by atoms with Gasteiger partial charge in [0.15, 0.2) is 57.5 Å². The largest absolute Gasteiger partial charge is 0.487 e. The van der Waals surface area contributed by atoms with Gasteiger partial charge in [-0.2, -0.15) is 0 Å². The molecule has 0 aromatic heterocycles. The first-order chi connectivity index (χ1) is 54.1. The summed E-state index contributed by atoms with van der Waals surface area (Å²) in [6, 6.07) is 34.7. The van der Waals surface area contributed by atoms with Crippen LogP contribution in [0.15, 0.2) is 164 Å². The average molecular weight is 1530 g/mol. The molecule has 4 atom stereocenters. The highest BCUT2D eigenvalue weighted by Crippen LogP contribution is 2.31. The minimum absolute atomic E-state index is 0.0739. The van der Waals surface area contributed by atoms with E-state index in [1.807, 2.05) is 146 Å². The van der Waals surface area contributed by atoms with Gasteiger partial charge in [-0.25, -0.2) is 4.79 Å². The van der Waals surface area contributed by atoms with E-state index in [1.54, 1.807) is 6.07 Å². The van der Waals surface area contributed by atoms with Gasteiger partial charge in [-0.1, -0.05) is 97.1 Å². The first-order valence-electron chi connectivity index (χ1n) is 37.2. The van der Waals surface area contributed by atoms with Gasteiger partial charge in [-0.3, -0.25) is 0 Å². The van der Waals surface area contributed by atoms with Crippen LogP contribution in [-0.2, 0) is 75.8 Å². The van der Waals surface area contributed by atoms with Crippen molar-refractivity contribution in [1.82, 2.24) is 0 Å². The molecule has 109 heavy (non-hydrogen) atoms. The van der Waals surface area contributed by atoms with Crippen LogP contribution >= 0.6 is 0 Å². The van der Waals surface area contributed by atoms with Crippen molar-refractivity contribution in [1.29, 1.82) is 0 Å². The third-order valence-corrected chi connectivity index (χ3v) is 15.5. The fourth-order valence-electron chi connectivity index (χ4n) is 10.3. The topological polar surface area (TPSA) is 277 Å². The molecule has 0 spiro atoms. The number of hydrogen-bond acceptors (Lipinski definition) is 27. The van der Waals surface area contributed by atoms with Crippen molar-refractivity contribution in [2.24, 2.45) is 0 Å². The molecule has 5 aromatic carbocycles. The Kier molecular flexibility index (Phi) is 45.2. The number of fused-ring (bicyclic) bond motifs is 7. The van der Waals surface area contributed by atoms with E-state index in [0.29, 0.717) is 302 Å². The second-order valence-corrected chi connectivity index (χ2v) is 23.5. The molecule has 4 unspecified atom stereocenters. The number of allylic oxidation sites excluding steroid dienone is 4. The molecule has 1 N–H and O–H groups in total. The van der Waals surface area contributed by atoms with Gasteiger partial charge in [0.05, 0.1) is 191 Å². The summed E-state index contributed by atoms with van der Waals surface area (Å²) in [5, 5.41) is 9.10. The predicted molar refractivity (Wildman–Crippen MR) is 399 cm³/mol. The zero-order valence-electron chi connectivity index (χ0n) is 62.2. The minimum atomic E-state index is -1.03. The molecule has 1 fully saturated rings. The van der Waals surface area contributed by atoms with Gasteiger partial charge in [-0.05, 0) is 66.7 Å². The molecule has 28 nitrogen and oxygen atoms in total. The van der Waals surface area contributed by atoms with E-state index in [9.17, 15) is 4.79 Å². The summed E-state index contributed by atoms with van der Waals surface area (Å²) >= 11 is 0. The molecule has 600 valence electrons. The Bertz CT molecular complexity index is 3070. The van der Waals surface area contributed by atoms with E-state index in [0.717, 1.165) is 0 Å². The summed E-state index contributed by atoms with van der Waals surface area (Å²) in [6.07, 6.45) is 15.7. The van der Waals surface area contributed by atoms with Crippen molar-refractivity contribution in [2.45, 2.75) is 24.4 Å². The van der Waals surface area contributed by atoms with Crippen LogP contribution < -0.4 is 47.4 Å². The number of rotatable bonds is 1. The Labute approximate surface area is 638 Å². The zero-order valence-corrected chi connectivity index (χ0v) is 62.2. The van der Waals surface area contributed by atoms with Gasteiger partial charge in [0.25, 0.3) is 0 Å². The summed E-state index contributed by atoms with van der Waals surface area (Å²) in [6.45, 7) is 17.5. The number of ether oxygens (including phenoxy) is 26. The number of carboxylic acids is 1. The molecule has 0 bridgehead atoms. The number of carboxylic acid groups (broad SMARTS) is 1. The maximum atomic E-state index is 11.1. The Hall–Kier alpha value is -8.11. The van der Waals surface area contributed by atoms with Crippen LogP contribution in [0.25, 0.3) is 0 Å². The van der Waals surface area contributed by atoms with E-state index in [1.165, 1.54) is 12.1 Å². The minimum Gasteiger partial charge on any atom is -0.487 e. The average Bonchev–Trinajstić information content (AvgIpc) is 0.948. The molecule has 5 aromatic rings. The van der Waals surface area contributed by atoms with Crippen molar-refractivity contribution < 1.29 is 133 Å². The third kappa shape index (κ3) is 37.4. The van der Waals surface area contributed by atoms with Gasteiger partial charge in [0.1, 0.15) is 90.5 Å². The van der Waals surface area contributed by atoms with Crippen LogP contribution in [0.3, 0.4) is 0 Å². The highest BCUT2D eigenvalue weighted by atomic mass is 16.6. The van der Waals surface area contributed by atoms with E-state index in [2.05, 4.69) is 0 Å². The third-order valence-electron chi connectivity index (χ3n) is 15.5. The fraction of sp³-hybridized carbons (Fsp3) is 0.519. The normalized spacial score (nSPS) is 21.9. The van der Waals surface area contributed by atoms with Crippen LogP contribution in [0.5, 0.6) is 57.5 Å². The molecule has 0 amide bonds. The quantitative estimate of drug-likeness (QED) is 0.164. The summed E-state index contributed by atoms with van der Waals surface area (Å²) in [5.41, 5.74) is 0.132. The lowest BCUT2D eigenvalue weighted by atomic mass is 10.1. The van der Waals surface area contributed by atoms with Crippen molar-refractivity contribution in [3.8, 4) is 57.5 Å². The summed E-state index contributed by atoms with van der Waals surface area (Å²) in [7, 11) is 0. The molecule has 4 heterocycles. The molecule has 2 aliphatic carbocycles. The molecule has 4 aliphatic heterocycles. The number of aromatic carboxylic acids is 1. The maximum absolute atomic E-state index is 11.1. The molecule has 0 radical (unpaired) electrons. The first-order valence-corrected chi connectivity index (χ1v) is 37.2. The Morgan fingerprint density at radius 3 is 0.578 bits per heavy atom. The first kappa shape index (κ1) is 86.5. The van der Waals surface area contributed by atoms with E-state index in [4.69, 9.17) is 128 Å². The van der Waals surface area contributed by atoms with E-state index >= 15 is 0 Å².